The first-order chi connectivity index (χ1) is 9.67. The molecule has 0 bridgehead atoms. The molecule has 0 aliphatic rings. The van der Waals surface area contributed by atoms with Gasteiger partial charge in [-0.2, -0.15) is 0 Å². The number of hydrogen-bond acceptors (Lipinski definition) is 3. The van der Waals surface area contributed by atoms with Gasteiger partial charge in [0.25, 0.3) is 0 Å². The van der Waals surface area contributed by atoms with E-state index in [2.05, 4.69) is 39.2 Å². The summed E-state index contributed by atoms with van der Waals surface area (Å²) in [5.74, 6) is 1.42. The topological polar surface area (TPSA) is 34.2 Å². The number of ether oxygens (including phenoxy) is 1. The first kappa shape index (κ1) is 15.0. The second-order valence-electron chi connectivity index (χ2n) is 4.69. The molecule has 0 fully saturated rings. The summed E-state index contributed by atoms with van der Waals surface area (Å²) in [5, 5.41) is 3.39. The van der Waals surface area contributed by atoms with Crippen molar-refractivity contribution < 1.29 is 4.74 Å². The highest BCUT2D eigenvalue weighted by Crippen LogP contribution is 2.24. The molecule has 0 radical (unpaired) electrons. The maximum atomic E-state index is 5.82. The Morgan fingerprint density at radius 2 is 2.10 bits per heavy atom. The summed E-state index contributed by atoms with van der Waals surface area (Å²) < 4.78 is 6.81. The molecule has 0 atom stereocenters. The maximum absolute atomic E-state index is 5.82. The van der Waals surface area contributed by atoms with Crippen molar-refractivity contribution in [3.8, 4) is 11.6 Å². The van der Waals surface area contributed by atoms with Gasteiger partial charge < -0.3 is 10.1 Å². The van der Waals surface area contributed by atoms with E-state index in [9.17, 15) is 0 Å². The van der Waals surface area contributed by atoms with Crippen molar-refractivity contribution in [3.05, 3.63) is 52.1 Å². The van der Waals surface area contributed by atoms with Crippen LogP contribution in [0.25, 0.3) is 0 Å². The monoisotopic (exact) mass is 334 g/mol. The third-order valence-corrected chi connectivity index (χ3v) is 3.26. The van der Waals surface area contributed by atoms with Crippen molar-refractivity contribution in [2.75, 3.05) is 6.54 Å². The van der Waals surface area contributed by atoms with Gasteiger partial charge in [0.1, 0.15) is 5.75 Å². The molecule has 20 heavy (non-hydrogen) atoms. The van der Waals surface area contributed by atoms with Crippen LogP contribution in [-0.4, -0.2) is 11.5 Å². The molecular formula is C16H19BrN2O. The number of aromatic nitrogens is 1. The van der Waals surface area contributed by atoms with Crippen molar-refractivity contribution in [1.29, 1.82) is 0 Å². The zero-order valence-electron chi connectivity index (χ0n) is 11.8. The minimum atomic E-state index is 0.636. The van der Waals surface area contributed by atoms with E-state index in [1.807, 2.05) is 37.3 Å². The molecule has 0 amide bonds. The lowest BCUT2D eigenvalue weighted by atomic mass is 10.2. The van der Waals surface area contributed by atoms with Crippen molar-refractivity contribution >= 4 is 15.9 Å². The summed E-state index contributed by atoms with van der Waals surface area (Å²) in [6.07, 6.45) is 1.13. The van der Waals surface area contributed by atoms with Gasteiger partial charge in [0.2, 0.25) is 5.88 Å². The number of halogens is 1. The number of nitrogens with one attached hydrogen (secondary N) is 1. The normalized spacial score (nSPS) is 10.6. The number of nitrogens with zero attached hydrogens (tertiary/aromatic N) is 1. The molecule has 1 N–H and O–H groups in total. The molecule has 0 aliphatic heterocycles. The van der Waals surface area contributed by atoms with E-state index in [0.717, 1.165) is 35.4 Å². The first-order valence-electron chi connectivity index (χ1n) is 6.79. The Hall–Kier alpha value is -1.39. The number of rotatable bonds is 6. The van der Waals surface area contributed by atoms with Crippen LogP contribution in [-0.2, 0) is 6.54 Å². The number of hydrogen-bond donors (Lipinski definition) is 1. The van der Waals surface area contributed by atoms with Crippen LogP contribution in [0.3, 0.4) is 0 Å². The Bertz CT molecular complexity index is 572. The van der Waals surface area contributed by atoms with Crippen molar-refractivity contribution in [2.45, 2.75) is 26.8 Å². The highest BCUT2D eigenvalue weighted by molar-refractivity contribution is 9.10. The van der Waals surface area contributed by atoms with Crippen LogP contribution < -0.4 is 10.1 Å². The van der Waals surface area contributed by atoms with Gasteiger partial charge in [0.05, 0.1) is 0 Å². The average molecular weight is 335 g/mol. The van der Waals surface area contributed by atoms with E-state index in [1.165, 1.54) is 5.56 Å². The molecule has 3 nitrogen and oxygen atoms in total. The molecule has 1 aromatic carbocycles. The predicted molar refractivity (Wildman–Crippen MR) is 85.2 cm³/mol. The lowest BCUT2D eigenvalue weighted by Crippen LogP contribution is -2.14. The Kier molecular flexibility index (Phi) is 5.56. The van der Waals surface area contributed by atoms with E-state index < -0.39 is 0 Å². The van der Waals surface area contributed by atoms with Crippen molar-refractivity contribution in [3.63, 3.8) is 0 Å². The van der Waals surface area contributed by atoms with Crippen LogP contribution >= 0.6 is 15.9 Å². The van der Waals surface area contributed by atoms with Crippen molar-refractivity contribution in [1.82, 2.24) is 10.3 Å². The minimum absolute atomic E-state index is 0.636. The second kappa shape index (κ2) is 7.41. The SMILES string of the molecule is CCCNCc1cc(C)nc(Oc2cccc(Br)c2)c1. The van der Waals surface area contributed by atoms with Crippen LogP contribution in [0.4, 0.5) is 0 Å². The third kappa shape index (κ3) is 4.62. The summed E-state index contributed by atoms with van der Waals surface area (Å²) in [6, 6.07) is 11.8. The van der Waals surface area contributed by atoms with Crippen LogP contribution in [0.2, 0.25) is 0 Å². The van der Waals surface area contributed by atoms with Gasteiger partial charge >= 0.3 is 0 Å². The van der Waals surface area contributed by atoms with E-state index >= 15 is 0 Å². The van der Waals surface area contributed by atoms with Gasteiger partial charge in [0, 0.05) is 22.8 Å². The molecule has 1 aromatic heterocycles. The highest BCUT2D eigenvalue weighted by atomic mass is 79.9. The molecule has 1 heterocycles. The third-order valence-electron chi connectivity index (χ3n) is 2.76. The molecule has 2 rings (SSSR count). The van der Waals surface area contributed by atoms with Gasteiger partial charge in [-0.25, -0.2) is 4.98 Å². The lowest BCUT2D eigenvalue weighted by molar-refractivity contribution is 0.460. The summed E-state index contributed by atoms with van der Waals surface area (Å²) in [7, 11) is 0. The highest BCUT2D eigenvalue weighted by Gasteiger charge is 2.03. The van der Waals surface area contributed by atoms with Gasteiger partial charge in [-0.15, -0.1) is 0 Å². The van der Waals surface area contributed by atoms with Crippen LogP contribution in [0.5, 0.6) is 11.6 Å². The molecule has 2 aromatic rings. The van der Waals surface area contributed by atoms with Gasteiger partial charge in [0.15, 0.2) is 0 Å². The Balaban J connectivity index is 2.11. The van der Waals surface area contributed by atoms with E-state index in [1.54, 1.807) is 0 Å². The Labute approximate surface area is 128 Å². The fourth-order valence-electron chi connectivity index (χ4n) is 1.92. The average Bonchev–Trinajstić information content (AvgIpc) is 2.38. The standard InChI is InChI=1S/C16H19BrN2O/c1-3-7-18-11-13-8-12(2)19-16(9-13)20-15-6-4-5-14(17)10-15/h4-6,8-10,18H,3,7,11H2,1-2H3. The first-order valence-corrected chi connectivity index (χ1v) is 7.58. The zero-order chi connectivity index (χ0) is 14.4. The predicted octanol–water partition coefficient (Wildman–Crippen LogP) is 4.44. The summed E-state index contributed by atoms with van der Waals surface area (Å²) in [4.78, 5) is 4.42. The number of benzene rings is 1. The van der Waals surface area contributed by atoms with E-state index in [-0.39, 0.29) is 0 Å². The smallest absolute Gasteiger partial charge is 0.219 e. The molecule has 0 saturated heterocycles. The molecule has 0 aliphatic carbocycles. The molecule has 0 spiro atoms. The van der Waals surface area contributed by atoms with Gasteiger partial charge in [-0.1, -0.05) is 28.9 Å². The van der Waals surface area contributed by atoms with Crippen LogP contribution in [0.1, 0.15) is 24.6 Å². The number of aryl methyl sites for hydroxylation is 1. The largest absolute Gasteiger partial charge is 0.439 e. The number of pyridine rings is 1. The van der Waals surface area contributed by atoms with E-state index in [0.29, 0.717) is 5.88 Å². The fourth-order valence-corrected chi connectivity index (χ4v) is 2.30. The van der Waals surface area contributed by atoms with Crippen LogP contribution in [0.15, 0.2) is 40.9 Å². The van der Waals surface area contributed by atoms with Gasteiger partial charge in [-0.3, -0.25) is 0 Å². The Morgan fingerprint density at radius 3 is 2.85 bits per heavy atom. The van der Waals surface area contributed by atoms with Crippen molar-refractivity contribution in [2.24, 2.45) is 0 Å². The molecule has 106 valence electrons. The summed E-state index contributed by atoms with van der Waals surface area (Å²) >= 11 is 3.44. The van der Waals surface area contributed by atoms with Gasteiger partial charge in [-0.05, 0) is 49.7 Å². The molecule has 0 unspecified atom stereocenters. The zero-order valence-corrected chi connectivity index (χ0v) is 13.4. The Morgan fingerprint density at radius 1 is 1.25 bits per heavy atom. The molecule has 4 heteroatoms. The lowest BCUT2D eigenvalue weighted by Gasteiger charge is -2.09. The minimum Gasteiger partial charge on any atom is -0.439 e. The van der Waals surface area contributed by atoms with Crippen LogP contribution in [0, 0.1) is 6.92 Å². The molecule has 0 saturated carbocycles. The summed E-state index contributed by atoms with van der Waals surface area (Å²) in [6.45, 7) is 6.00. The van der Waals surface area contributed by atoms with E-state index in [4.69, 9.17) is 4.74 Å². The summed E-state index contributed by atoms with van der Waals surface area (Å²) in [5.41, 5.74) is 2.15. The second-order valence-corrected chi connectivity index (χ2v) is 5.61. The maximum Gasteiger partial charge on any atom is 0.219 e. The fraction of sp³-hybridized carbons (Fsp3) is 0.312. The quantitative estimate of drug-likeness (QED) is 0.792. The molecular weight excluding hydrogens is 316 g/mol.